The second-order valence-electron chi connectivity index (χ2n) is 6.56. The minimum absolute atomic E-state index is 0.0425. The Hall–Kier alpha value is -1.91. The maximum absolute atomic E-state index is 11.7. The van der Waals surface area contributed by atoms with Crippen LogP contribution >= 0.6 is 0 Å². The average molecular weight is 352 g/mol. The zero-order valence-corrected chi connectivity index (χ0v) is 15.3. The molecule has 0 saturated carbocycles. The van der Waals surface area contributed by atoms with Gasteiger partial charge in [0.15, 0.2) is 17.2 Å². The lowest BCUT2D eigenvalue weighted by Crippen LogP contribution is -2.09. The van der Waals surface area contributed by atoms with Crippen molar-refractivity contribution in [2.75, 3.05) is 6.61 Å². The van der Waals surface area contributed by atoms with Crippen LogP contribution in [0.4, 0.5) is 0 Å². The number of benzene rings is 1. The Morgan fingerprint density at radius 2 is 1.32 bits per heavy atom. The summed E-state index contributed by atoms with van der Waals surface area (Å²) in [6.07, 6.45) is 12.2. The summed E-state index contributed by atoms with van der Waals surface area (Å²) in [4.78, 5) is 11.7. The third kappa shape index (κ3) is 9.22. The predicted octanol–water partition coefficient (Wildman–Crippen LogP) is 4.81. The first-order valence-electron chi connectivity index (χ1n) is 9.44. The first-order chi connectivity index (χ1) is 12.0. The Bertz CT molecular complexity index is 490. The van der Waals surface area contributed by atoms with Crippen molar-refractivity contribution in [2.24, 2.45) is 0 Å². The molecule has 1 aromatic rings. The number of rotatable bonds is 13. The summed E-state index contributed by atoms with van der Waals surface area (Å²) in [5, 5.41) is 28.1. The van der Waals surface area contributed by atoms with Gasteiger partial charge >= 0.3 is 5.97 Å². The molecule has 5 heteroatoms. The number of unbranched alkanes of at least 4 members (excludes halogenated alkanes) is 9. The fourth-order valence-electron chi connectivity index (χ4n) is 2.76. The number of phenols is 3. The fraction of sp³-hybridized carbons (Fsp3) is 0.650. The van der Waals surface area contributed by atoms with Crippen molar-refractivity contribution in [3.8, 4) is 17.2 Å². The molecule has 0 aliphatic carbocycles. The van der Waals surface area contributed by atoms with Crippen molar-refractivity contribution in [2.45, 2.75) is 77.6 Å². The van der Waals surface area contributed by atoms with Crippen molar-refractivity contribution >= 4 is 5.97 Å². The number of carbonyl (C=O) groups excluding carboxylic acids is 1. The minimum atomic E-state index is -0.581. The summed E-state index contributed by atoms with van der Waals surface area (Å²) < 4.78 is 5.16. The molecule has 0 saturated heterocycles. The highest BCUT2D eigenvalue weighted by molar-refractivity contribution is 5.73. The molecule has 1 aromatic carbocycles. The first kappa shape index (κ1) is 21.1. The Labute approximate surface area is 150 Å². The maximum atomic E-state index is 11.7. The molecule has 5 nitrogen and oxygen atoms in total. The number of ether oxygens (including phenoxy) is 1. The number of aromatic hydroxyl groups is 3. The number of carbonyl (C=O) groups is 1. The molecule has 0 fully saturated rings. The van der Waals surface area contributed by atoms with Crippen molar-refractivity contribution in [3.63, 3.8) is 0 Å². The Morgan fingerprint density at radius 1 is 0.840 bits per heavy atom. The van der Waals surface area contributed by atoms with Crippen LogP contribution < -0.4 is 0 Å². The zero-order valence-electron chi connectivity index (χ0n) is 15.3. The van der Waals surface area contributed by atoms with E-state index < -0.39 is 23.2 Å². The van der Waals surface area contributed by atoms with Crippen molar-refractivity contribution < 1.29 is 24.9 Å². The van der Waals surface area contributed by atoms with Crippen molar-refractivity contribution in [1.82, 2.24) is 0 Å². The molecule has 0 radical (unpaired) electrons. The molecular formula is C20H32O5. The van der Waals surface area contributed by atoms with Gasteiger partial charge in [0.1, 0.15) is 0 Å². The van der Waals surface area contributed by atoms with Crippen LogP contribution in [0.2, 0.25) is 0 Å². The molecule has 0 heterocycles. The van der Waals surface area contributed by atoms with Gasteiger partial charge in [-0.15, -0.1) is 0 Å². The molecular weight excluding hydrogens is 320 g/mol. The number of phenolic OH excluding ortho intramolecular Hbond substituents is 3. The van der Waals surface area contributed by atoms with Crippen LogP contribution in [0.5, 0.6) is 17.2 Å². The van der Waals surface area contributed by atoms with E-state index in [9.17, 15) is 20.1 Å². The third-order valence-electron chi connectivity index (χ3n) is 4.24. The smallest absolute Gasteiger partial charge is 0.310 e. The monoisotopic (exact) mass is 352 g/mol. The van der Waals surface area contributed by atoms with Gasteiger partial charge in [0.2, 0.25) is 0 Å². The van der Waals surface area contributed by atoms with Crippen LogP contribution in [0, 0.1) is 0 Å². The summed E-state index contributed by atoms with van der Waals surface area (Å²) >= 11 is 0. The second kappa shape index (κ2) is 12.5. The quantitative estimate of drug-likeness (QED) is 0.269. The van der Waals surface area contributed by atoms with E-state index in [1.807, 2.05) is 0 Å². The van der Waals surface area contributed by atoms with Gasteiger partial charge in [-0.25, -0.2) is 0 Å². The molecule has 0 bridgehead atoms. The summed E-state index contributed by atoms with van der Waals surface area (Å²) in [6, 6.07) is 2.49. The zero-order chi connectivity index (χ0) is 18.5. The third-order valence-corrected chi connectivity index (χ3v) is 4.24. The standard InChI is InChI=1S/C20H32O5/c1-2-3-4-5-6-7-8-9-10-11-12-25-19(23)15-16-13-17(21)20(24)18(22)14-16/h13-14,21-22,24H,2-12,15H2,1H3. The lowest BCUT2D eigenvalue weighted by Gasteiger charge is -2.07. The van der Waals surface area contributed by atoms with E-state index in [1.54, 1.807) is 0 Å². The normalized spacial score (nSPS) is 10.8. The first-order valence-corrected chi connectivity index (χ1v) is 9.44. The number of hydrogen-bond donors (Lipinski definition) is 3. The highest BCUT2D eigenvalue weighted by Gasteiger charge is 2.11. The van der Waals surface area contributed by atoms with E-state index in [1.165, 1.54) is 63.5 Å². The lowest BCUT2D eigenvalue weighted by atomic mass is 10.1. The van der Waals surface area contributed by atoms with Gasteiger partial charge in [-0.2, -0.15) is 0 Å². The molecule has 0 atom stereocenters. The van der Waals surface area contributed by atoms with Gasteiger partial charge in [-0.1, -0.05) is 64.7 Å². The molecule has 0 unspecified atom stereocenters. The van der Waals surface area contributed by atoms with Crippen molar-refractivity contribution in [1.29, 1.82) is 0 Å². The lowest BCUT2D eigenvalue weighted by molar-refractivity contribution is -0.142. The summed E-state index contributed by atoms with van der Waals surface area (Å²) in [6.45, 7) is 2.62. The van der Waals surface area contributed by atoms with E-state index >= 15 is 0 Å². The molecule has 0 aliphatic rings. The average Bonchev–Trinajstić information content (AvgIpc) is 2.57. The largest absolute Gasteiger partial charge is 0.504 e. The van der Waals surface area contributed by atoms with Gasteiger partial charge < -0.3 is 20.1 Å². The van der Waals surface area contributed by atoms with Crippen LogP contribution in [-0.4, -0.2) is 27.9 Å². The Morgan fingerprint density at radius 3 is 1.84 bits per heavy atom. The van der Waals surface area contributed by atoms with E-state index in [0.717, 1.165) is 12.8 Å². The summed E-state index contributed by atoms with van der Waals surface area (Å²) in [7, 11) is 0. The SMILES string of the molecule is CCCCCCCCCCCCOC(=O)Cc1cc(O)c(O)c(O)c1. The van der Waals surface area contributed by atoms with Gasteiger partial charge in [-0.05, 0) is 24.1 Å². The maximum Gasteiger partial charge on any atom is 0.310 e. The van der Waals surface area contributed by atoms with E-state index in [2.05, 4.69) is 6.92 Å². The molecule has 142 valence electrons. The van der Waals surface area contributed by atoms with E-state index in [-0.39, 0.29) is 6.42 Å². The van der Waals surface area contributed by atoms with Gasteiger partial charge in [0.05, 0.1) is 13.0 Å². The molecule has 3 N–H and O–H groups in total. The summed E-state index contributed by atoms with van der Waals surface area (Å²) in [5.74, 6) is -1.88. The van der Waals surface area contributed by atoms with E-state index in [0.29, 0.717) is 12.2 Å². The Kier molecular flexibility index (Phi) is 10.5. The van der Waals surface area contributed by atoms with Crippen LogP contribution in [-0.2, 0) is 16.0 Å². The number of esters is 1. The molecule has 0 aromatic heterocycles. The predicted molar refractivity (Wildman–Crippen MR) is 97.9 cm³/mol. The molecule has 1 rings (SSSR count). The minimum Gasteiger partial charge on any atom is -0.504 e. The second-order valence-corrected chi connectivity index (χ2v) is 6.56. The van der Waals surface area contributed by atoms with Gasteiger partial charge in [0.25, 0.3) is 0 Å². The molecule has 0 spiro atoms. The number of hydrogen-bond acceptors (Lipinski definition) is 5. The Balaban J connectivity index is 2.04. The van der Waals surface area contributed by atoms with Crippen LogP contribution in [0.15, 0.2) is 12.1 Å². The molecule has 0 amide bonds. The van der Waals surface area contributed by atoms with Gasteiger partial charge in [-0.3, -0.25) is 4.79 Å². The van der Waals surface area contributed by atoms with Gasteiger partial charge in [0, 0.05) is 0 Å². The summed E-state index contributed by atoms with van der Waals surface area (Å²) in [5.41, 5.74) is 0.404. The van der Waals surface area contributed by atoms with E-state index in [4.69, 9.17) is 4.74 Å². The molecule has 25 heavy (non-hydrogen) atoms. The van der Waals surface area contributed by atoms with Crippen molar-refractivity contribution in [3.05, 3.63) is 17.7 Å². The molecule has 0 aliphatic heterocycles. The highest BCUT2D eigenvalue weighted by Crippen LogP contribution is 2.35. The highest BCUT2D eigenvalue weighted by atomic mass is 16.5. The topological polar surface area (TPSA) is 87.0 Å². The van der Waals surface area contributed by atoms with Crippen LogP contribution in [0.1, 0.15) is 76.7 Å². The van der Waals surface area contributed by atoms with Crippen LogP contribution in [0.3, 0.4) is 0 Å². The van der Waals surface area contributed by atoms with Crippen LogP contribution in [0.25, 0.3) is 0 Å². The fourth-order valence-corrected chi connectivity index (χ4v) is 2.76.